The van der Waals surface area contributed by atoms with Gasteiger partial charge in [-0.25, -0.2) is 0 Å². The van der Waals surface area contributed by atoms with Crippen LogP contribution in [0.1, 0.15) is 0 Å². The number of nitrogens with two attached hydrogens (primary N) is 1. The second-order valence-electron chi connectivity index (χ2n) is 2.91. The molecule has 0 bridgehead atoms. The molecule has 0 aliphatic carbocycles. The SMILES string of the molecule is COCC(=O)NC(CN)C(F)(F)C(F)(F)F. The molecule has 9 heteroatoms. The Morgan fingerprint density at radius 1 is 1.38 bits per heavy atom. The Morgan fingerprint density at radius 2 is 1.88 bits per heavy atom. The third-order valence-corrected chi connectivity index (χ3v) is 1.66. The van der Waals surface area contributed by atoms with Crippen LogP contribution >= 0.6 is 0 Å². The van der Waals surface area contributed by atoms with Gasteiger partial charge in [-0.2, -0.15) is 22.0 Å². The van der Waals surface area contributed by atoms with Crippen LogP contribution in [-0.2, 0) is 9.53 Å². The van der Waals surface area contributed by atoms with E-state index < -0.39 is 37.2 Å². The van der Waals surface area contributed by atoms with E-state index in [1.165, 1.54) is 5.32 Å². The van der Waals surface area contributed by atoms with Crippen LogP contribution < -0.4 is 11.1 Å². The van der Waals surface area contributed by atoms with Crippen LogP contribution in [0, 0.1) is 0 Å². The van der Waals surface area contributed by atoms with Crippen molar-refractivity contribution in [3.05, 3.63) is 0 Å². The molecule has 0 fully saturated rings. The van der Waals surface area contributed by atoms with Crippen molar-refractivity contribution in [2.45, 2.75) is 18.1 Å². The summed E-state index contributed by atoms with van der Waals surface area (Å²) in [5, 5.41) is 1.46. The number of rotatable bonds is 5. The number of ether oxygens (including phenoxy) is 1. The van der Waals surface area contributed by atoms with E-state index in [9.17, 15) is 26.7 Å². The molecular weight excluding hydrogens is 239 g/mol. The summed E-state index contributed by atoms with van der Waals surface area (Å²) in [4.78, 5) is 10.8. The van der Waals surface area contributed by atoms with Gasteiger partial charge in [0.15, 0.2) is 0 Å². The van der Waals surface area contributed by atoms with Gasteiger partial charge in [-0.15, -0.1) is 0 Å². The maximum Gasteiger partial charge on any atom is 0.455 e. The van der Waals surface area contributed by atoms with Gasteiger partial charge in [0, 0.05) is 13.7 Å². The van der Waals surface area contributed by atoms with Crippen LogP contribution in [0.3, 0.4) is 0 Å². The molecule has 16 heavy (non-hydrogen) atoms. The predicted molar refractivity (Wildman–Crippen MR) is 43.9 cm³/mol. The molecule has 1 atom stereocenters. The lowest BCUT2D eigenvalue weighted by Crippen LogP contribution is -2.59. The van der Waals surface area contributed by atoms with Crippen molar-refractivity contribution >= 4 is 5.91 Å². The summed E-state index contributed by atoms with van der Waals surface area (Å²) in [6.45, 7) is -1.66. The first-order chi connectivity index (χ1) is 7.16. The Balaban J connectivity index is 4.67. The van der Waals surface area contributed by atoms with Crippen LogP contribution in [-0.4, -0.2) is 44.3 Å². The number of carbonyl (C=O) groups excluding carboxylic acids is 1. The number of methoxy groups -OCH3 is 1. The van der Waals surface area contributed by atoms with Gasteiger partial charge in [-0.05, 0) is 0 Å². The van der Waals surface area contributed by atoms with E-state index in [0.29, 0.717) is 0 Å². The standard InChI is InChI=1S/C7H11F5N2O2/c1-16-3-5(15)14-4(2-13)6(8,9)7(10,11)12/h4H,2-3,13H2,1H3,(H,14,15). The molecule has 0 aliphatic heterocycles. The summed E-state index contributed by atoms with van der Waals surface area (Å²) >= 11 is 0. The van der Waals surface area contributed by atoms with Crippen molar-refractivity contribution < 1.29 is 31.5 Å². The number of nitrogens with one attached hydrogen (secondary N) is 1. The minimum Gasteiger partial charge on any atom is -0.375 e. The topological polar surface area (TPSA) is 64.3 Å². The van der Waals surface area contributed by atoms with Crippen LogP contribution in [0.5, 0.6) is 0 Å². The Bertz CT molecular complexity index is 243. The molecule has 0 aromatic carbocycles. The van der Waals surface area contributed by atoms with E-state index in [4.69, 9.17) is 5.73 Å². The van der Waals surface area contributed by atoms with E-state index in [1.807, 2.05) is 0 Å². The molecule has 3 N–H and O–H groups in total. The van der Waals surface area contributed by atoms with Crippen molar-refractivity contribution in [3.8, 4) is 0 Å². The molecule has 4 nitrogen and oxygen atoms in total. The molecular formula is C7H11F5N2O2. The highest BCUT2D eigenvalue weighted by Gasteiger charge is 2.62. The predicted octanol–water partition coefficient (Wildman–Crippen LogP) is 0.274. The summed E-state index contributed by atoms with van der Waals surface area (Å²) in [6, 6.07) is -2.50. The van der Waals surface area contributed by atoms with Gasteiger partial charge in [0.25, 0.3) is 0 Å². The number of alkyl halides is 5. The normalized spacial score (nSPS) is 14.7. The molecule has 0 spiro atoms. The van der Waals surface area contributed by atoms with E-state index in [2.05, 4.69) is 4.74 Å². The molecule has 0 aliphatic rings. The zero-order valence-corrected chi connectivity index (χ0v) is 8.28. The highest BCUT2D eigenvalue weighted by atomic mass is 19.4. The molecule has 1 amide bonds. The fraction of sp³-hybridized carbons (Fsp3) is 0.857. The lowest BCUT2D eigenvalue weighted by Gasteiger charge is -2.28. The first kappa shape index (κ1) is 15.0. The van der Waals surface area contributed by atoms with Crippen LogP contribution in [0.2, 0.25) is 0 Å². The lowest BCUT2D eigenvalue weighted by atomic mass is 10.1. The number of carbonyl (C=O) groups is 1. The lowest BCUT2D eigenvalue weighted by molar-refractivity contribution is -0.291. The maximum atomic E-state index is 12.7. The monoisotopic (exact) mass is 250 g/mol. The molecule has 1 unspecified atom stereocenters. The average molecular weight is 250 g/mol. The molecule has 0 radical (unpaired) electrons. The molecule has 0 saturated carbocycles. The van der Waals surface area contributed by atoms with Crippen molar-refractivity contribution in [3.63, 3.8) is 0 Å². The third-order valence-electron chi connectivity index (χ3n) is 1.66. The molecule has 0 aromatic rings. The Kier molecular flexibility index (Phi) is 5.07. The van der Waals surface area contributed by atoms with E-state index >= 15 is 0 Å². The molecule has 96 valence electrons. The van der Waals surface area contributed by atoms with E-state index in [1.54, 1.807) is 0 Å². The third kappa shape index (κ3) is 3.56. The van der Waals surface area contributed by atoms with Gasteiger partial charge < -0.3 is 15.8 Å². The fourth-order valence-electron chi connectivity index (χ4n) is 0.862. The average Bonchev–Trinajstić information content (AvgIpc) is 2.12. The first-order valence-corrected chi connectivity index (χ1v) is 4.09. The minimum absolute atomic E-state index is 0.621. The molecule has 0 aromatic heterocycles. The largest absolute Gasteiger partial charge is 0.455 e. The summed E-state index contributed by atoms with van der Waals surface area (Å²) in [5.74, 6) is -6.17. The second-order valence-corrected chi connectivity index (χ2v) is 2.91. The second kappa shape index (κ2) is 5.39. The van der Waals surface area contributed by atoms with Gasteiger partial charge in [-0.1, -0.05) is 0 Å². The number of amides is 1. The van der Waals surface area contributed by atoms with Gasteiger partial charge in [0.05, 0.1) is 0 Å². The first-order valence-electron chi connectivity index (χ1n) is 4.09. The zero-order chi connectivity index (χ0) is 13.0. The smallest absolute Gasteiger partial charge is 0.375 e. The molecule has 0 rings (SSSR count). The summed E-state index contributed by atoms with van der Waals surface area (Å²) < 4.78 is 65.5. The summed E-state index contributed by atoms with van der Waals surface area (Å²) in [7, 11) is 1.10. The quantitative estimate of drug-likeness (QED) is 0.688. The van der Waals surface area contributed by atoms with E-state index in [0.717, 1.165) is 7.11 Å². The van der Waals surface area contributed by atoms with Gasteiger partial charge in [-0.3, -0.25) is 4.79 Å². The highest BCUT2D eigenvalue weighted by molar-refractivity contribution is 5.77. The highest BCUT2D eigenvalue weighted by Crippen LogP contribution is 2.37. The van der Waals surface area contributed by atoms with Gasteiger partial charge >= 0.3 is 12.1 Å². The number of hydrogen-bond donors (Lipinski definition) is 2. The van der Waals surface area contributed by atoms with Crippen molar-refractivity contribution in [1.82, 2.24) is 5.32 Å². The Labute approximate surface area is 87.9 Å². The fourth-order valence-corrected chi connectivity index (χ4v) is 0.862. The Morgan fingerprint density at radius 3 is 2.19 bits per heavy atom. The number of halogens is 5. The zero-order valence-electron chi connectivity index (χ0n) is 8.28. The maximum absolute atomic E-state index is 12.7. The van der Waals surface area contributed by atoms with Crippen LogP contribution in [0.25, 0.3) is 0 Å². The van der Waals surface area contributed by atoms with E-state index in [-0.39, 0.29) is 0 Å². The molecule has 0 heterocycles. The van der Waals surface area contributed by atoms with Crippen molar-refractivity contribution in [1.29, 1.82) is 0 Å². The van der Waals surface area contributed by atoms with Crippen molar-refractivity contribution in [2.24, 2.45) is 5.73 Å². The van der Waals surface area contributed by atoms with Gasteiger partial charge in [0.2, 0.25) is 5.91 Å². The number of hydrogen-bond acceptors (Lipinski definition) is 3. The molecule has 0 saturated heterocycles. The van der Waals surface area contributed by atoms with Crippen LogP contribution in [0.4, 0.5) is 22.0 Å². The summed E-state index contributed by atoms with van der Waals surface area (Å²) in [5.41, 5.74) is 4.76. The minimum atomic E-state index is -5.77. The Hall–Kier alpha value is -0.960. The van der Waals surface area contributed by atoms with Crippen molar-refractivity contribution in [2.75, 3.05) is 20.3 Å². The summed E-state index contributed by atoms with van der Waals surface area (Å²) in [6.07, 6.45) is -5.77. The van der Waals surface area contributed by atoms with Gasteiger partial charge in [0.1, 0.15) is 12.6 Å². The van der Waals surface area contributed by atoms with Crippen LogP contribution in [0.15, 0.2) is 0 Å².